The van der Waals surface area contributed by atoms with Crippen molar-refractivity contribution in [3.05, 3.63) is 114 Å². The molecule has 4 aromatic carbocycles. The second-order valence-electron chi connectivity index (χ2n) is 10.1. The maximum Gasteiger partial charge on any atom is 0.337 e. The van der Waals surface area contributed by atoms with Crippen LogP contribution in [0.2, 0.25) is 0 Å². The van der Waals surface area contributed by atoms with Crippen molar-refractivity contribution in [2.24, 2.45) is 0 Å². The summed E-state index contributed by atoms with van der Waals surface area (Å²) in [6.07, 6.45) is 2.53. The molecular formula is C32H29FN2O7S. The van der Waals surface area contributed by atoms with Gasteiger partial charge in [0, 0.05) is 11.6 Å². The third kappa shape index (κ3) is 7.76. The van der Waals surface area contributed by atoms with Crippen LogP contribution >= 0.6 is 0 Å². The third-order valence-electron chi connectivity index (χ3n) is 7.00. The number of hydrogen-bond acceptors (Lipinski definition) is 6. The minimum Gasteiger partial charge on any atom is -0.490 e. The number of benzene rings is 4. The number of carboxylic acids is 1. The number of amides is 1. The third-order valence-corrected chi connectivity index (χ3v) is 8.54. The van der Waals surface area contributed by atoms with E-state index in [0.717, 1.165) is 12.1 Å². The van der Waals surface area contributed by atoms with Crippen LogP contribution in [0.3, 0.4) is 0 Å². The fourth-order valence-electron chi connectivity index (χ4n) is 4.76. The van der Waals surface area contributed by atoms with Crippen LogP contribution in [0.4, 0.5) is 10.1 Å². The average molecular weight is 605 g/mol. The van der Waals surface area contributed by atoms with Crippen molar-refractivity contribution in [2.75, 3.05) is 5.32 Å². The fourth-order valence-corrected chi connectivity index (χ4v) is 6.07. The molecule has 11 heteroatoms. The number of halogens is 1. The summed E-state index contributed by atoms with van der Waals surface area (Å²) in [6, 6.07) is 24.3. The largest absolute Gasteiger partial charge is 0.490 e. The number of carbonyl (C=O) groups is 2. The molecule has 0 atom stereocenters. The minimum absolute atomic E-state index is 0.00175. The lowest BCUT2D eigenvalue weighted by atomic mass is 9.94. The van der Waals surface area contributed by atoms with Gasteiger partial charge in [0.1, 0.15) is 23.1 Å². The van der Waals surface area contributed by atoms with Crippen LogP contribution in [-0.2, 0) is 10.0 Å². The standard InChI is InChI=1S/C32H29FN2O7S/c33-22-7-19-28(20-8-22)43(39,40)35-23-9-13-25(14-10-23)42-27-17-15-26(16-18-27)41-24-11-5-21(6-12-24)31(36)34-30-4-2-1-3-29(30)32(37)38/h1-8,11-12,15-20,23,25,35H,9-10,13-14H2,(H,34,36)(H,37,38). The van der Waals surface area contributed by atoms with Crippen LogP contribution in [0, 0.1) is 5.82 Å². The molecule has 9 nitrogen and oxygen atoms in total. The van der Waals surface area contributed by atoms with E-state index in [1.807, 2.05) is 0 Å². The van der Waals surface area contributed by atoms with Crippen LogP contribution in [0.5, 0.6) is 17.2 Å². The molecule has 5 rings (SSSR count). The van der Waals surface area contributed by atoms with Crippen LogP contribution in [0.1, 0.15) is 46.4 Å². The Balaban J connectivity index is 1.09. The van der Waals surface area contributed by atoms with Crippen LogP contribution in [0.25, 0.3) is 0 Å². The number of carboxylic acid groups (broad SMARTS) is 1. The Morgan fingerprint density at radius 1 is 0.767 bits per heavy atom. The van der Waals surface area contributed by atoms with E-state index in [9.17, 15) is 27.5 Å². The van der Waals surface area contributed by atoms with Crippen molar-refractivity contribution in [2.45, 2.75) is 42.7 Å². The highest BCUT2D eigenvalue weighted by Gasteiger charge is 2.27. The first kappa shape index (κ1) is 29.7. The Morgan fingerprint density at radius 2 is 1.35 bits per heavy atom. The van der Waals surface area contributed by atoms with Gasteiger partial charge < -0.3 is 19.9 Å². The summed E-state index contributed by atoms with van der Waals surface area (Å²) >= 11 is 0. The fraction of sp³-hybridized carbons (Fsp3) is 0.188. The number of nitrogens with one attached hydrogen (secondary N) is 2. The maximum atomic E-state index is 13.1. The number of ether oxygens (including phenoxy) is 2. The topological polar surface area (TPSA) is 131 Å². The van der Waals surface area contributed by atoms with Crippen molar-refractivity contribution >= 4 is 27.6 Å². The Kier molecular flexibility index (Phi) is 9.03. The number of para-hydroxylation sites is 1. The van der Waals surface area contributed by atoms with Gasteiger partial charge in [-0.2, -0.15) is 0 Å². The summed E-state index contributed by atoms with van der Waals surface area (Å²) in [5, 5.41) is 11.9. The van der Waals surface area contributed by atoms with Crippen molar-refractivity contribution in [3.8, 4) is 17.2 Å². The molecule has 1 saturated carbocycles. The normalized spacial score (nSPS) is 16.7. The van der Waals surface area contributed by atoms with Gasteiger partial charge in [-0.25, -0.2) is 22.3 Å². The van der Waals surface area contributed by atoms with E-state index < -0.39 is 27.7 Å². The van der Waals surface area contributed by atoms with Gasteiger partial charge in [-0.15, -0.1) is 0 Å². The van der Waals surface area contributed by atoms with Gasteiger partial charge in [-0.05, 0) is 111 Å². The van der Waals surface area contributed by atoms with E-state index in [-0.39, 0.29) is 28.3 Å². The first-order valence-electron chi connectivity index (χ1n) is 13.6. The quantitative estimate of drug-likeness (QED) is 0.195. The van der Waals surface area contributed by atoms with Gasteiger partial charge in [-0.3, -0.25) is 4.79 Å². The van der Waals surface area contributed by atoms with Crippen LogP contribution < -0.4 is 19.5 Å². The number of rotatable bonds is 10. The number of sulfonamides is 1. The lowest BCUT2D eigenvalue weighted by molar-refractivity contribution is 0.0698. The Labute approximate surface area is 248 Å². The van der Waals surface area contributed by atoms with Crippen LogP contribution in [-0.4, -0.2) is 37.5 Å². The SMILES string of the molecule is O=C(Nc1ccccc1C(=O)O)c1ccc(Oc2ccc(OC3CCC(NS(=O)(=O)c4ccc(F)cc4)CC3)cc2)cc1. The average Bonchev–Trinajstić information content (AvgIpc) is 3.00. The second kappa shape index (κ2) is 13.1. The van der Waals surface area contributed by atoms with E-state index >= 15 is 0 Å². The van der Waals surface area contributed by atoms with Gasteiger partial charge in [0.2, 0.25) is 10.0 Å². The van der Waals surface area contributed by atoms with Gasteiger partial charge >= 0.3 is 5.97 Å². The minimum atomic E-state index is -3.72. The predicted molar refractivity (Wildman–Crippen MR) is 158 cm³/mol. The summed E-state index contributed by atoms with van der Waals surface area (Å²) in [6.45, 7) is 0. The molecule has 43 heavy (non-hydrogen) atoms. The number of anilines is 1. The van der Waals surface area contributed by atoms with Gasteiger partial charge in [0.05, 0.1) is 22.3 Å². The lowest BCUT2D eigenvalue weighted by Crippen LogP contribution is -2.39. The second-order valence-corrected chi connectivity index (χ2v) is 11.8. The van der Waals surface area contributed by atoms with E-state index in [1.54, 1.807) is 60.7 Å². The molecule has 0 radical (unpaired) electrons. The molecule has 1 aliphatic rings. The van der Waals surface area contributed by atoms with Crippen molar-refractivity contribution in [1.29, 1.82) is 0 Å². The first-order valence-corrected chi connectivity index (χ1v) is 15.1. The van der Waals surface area contributed by atoms with Gasteiger partial charge in [-0.1, -0.05) is 12.1 Å². The van der Waals surface area contributed by atoms with Crippen molar-refractivity contribution < 1.29 is 37.0 Å². The molecule has 0 unspecified atom stereocenters. The van der Waals surface area contributed by atoms with Crippen molar-refractivity contribution in [1.82, 2.24) is 4.72 Å². The molecule has 1 fully saturated rings. The molecule has 0 heterocycles. The van der Waals surface area contributed by atoms with Crippen molar-refractivity contribution in [3.63, 3.8) is 0 Å². The smallest absolute Gasteiger partial charge is 0.337 e. The predicted octanol–water partition coefficient (Wildman–Crippen LogP) is 6.24. The zero-order chi connectivity index (χ0) is 30.4. The molecule has 0 saturated heterocycles. The van der Waals surface area contributed by atoms with Crippen LogP contribution in [0.15, 0.2) is 102 Å². The molecule has 1 amide bonds. The first-order chi connectivity index (χ1) is 20.7. The van der Waals surface area contributed by atoms with E-state index in [4.69, 9.17) is 9.47 Å². The Bertz CT molecular complexity index is 1690. The lowest BCUT2D eigenvalue weighted by Gasteiger charge is -2.29. The number of aromatic carboxylic acids is 1. The molecule has 0 aromatic heterocycles. The molecule has 222 valence electrons. The maximum absolute atomic E-state index is 13.1. The summed E-state index contributed by atoms with van der Waals surface area (Å²) < 4.78 is 53.0. The zero-order valence-electron chi connectivity index (χ0n) is 22.9. The van der Waals surface area contributed by atoms with E-state index in [0.29, 0.717) is 48.5 Å². The summed E-state index contributed by atoms with van der Waals surface area (Å²) in [4.78, 5) is 24.0. The zero-order valence-corrected chi connectivity index (χ0v) is 23.7. The summed E-state index contributed by atoms with van der Waals surface area (Å²) in [7, 11) is -3.72. The Hall–Kier alpha value is -4.74. The highest BCUT2D eigenvalue weighted by Crippen LogP contribution is 2.28. The summed E-state index contributed by atoms with van der Waals surface area (Å²) in [5.74, 6) is -0.321. The molecule has 3 N–H and O–H groups in total. The van der Waals surface area contributed by atoms with E-state index in [1.165, 1.54) is 24.3 Å². The number of hydrogen-bond donors (Lipinski definition) is 3. The Morgan fingerprint density at radius 3 is 1.98 bits per heavy atom. The molecule has 0 bridgehead atoms. The molecule has 1 aliphatic carbocycles. The molecule has 0 aliphatic heterocycles. The number of carbonyl (C=O) groups excluding carboxylic acids is 1. The van der Waals surface area contributed by atoms with E-state index in [2.05, 4.69) is 10.0 Å². The molecule has 0 spiro atoms. The monoisotopic (exact) mass is 604 g/mol. The van der Waals surface area contributed by atoms with Gasteiger partial charge in [0.15, 0.2) is 0 Å². The van der Waals surface area contributed by atoms with Gasteiger partial charge in [0.25, 0.3) is 5.91 Å². The molecule has 4 aromatic rings. The summed E-state index contributed by atoms with van der Waals surface area (Å²) in [5.41, 5.74) is 0.554. The highest BCUT2D eigenvalue weighted by molar-refractivity contribution is 7.89. The molecular weight excluding hydrogens is 575 g/mol. The highest BCUT2D eigenvalue weighted by atomic mass is 32.2.